The summed E-state index contributed by atoms with van der Waals surface area (Å²) in [4.78, 5) is 0. The third kappa shape index (κ3) is 2.71. The molecule has 0 aliphatic heterocycles. The average molecular weight is 292 g/mol. The minimum atomic E-state index is -0.471. The number of rotatable bonds is 3. The van der Waals surface area contributed by atoms with E-state index in [4.69, 9.17) is 44.0 Å². The van der Waals surface area contributed by atoms with Crippen LogP contribution in [0.3, 0.4) is 0 Å². The van der Waals surface area contributed by atoms with E-state index >= 15 is 0 Å². The Hall–Kier alpha value is -0.830. The smallest absolute Gasteiger partial charge is 0.193 e. The van der Waals surface area contributed by atoms with Crippen molar-refractivity contribution in [2.75, 3.05) is 7.11 Å². The van der Waals surface area contributed by atoms with Gasteiger partial charge >= 0.3 is 0 Å². The summed E-state index contributed by atoms with van der Waals surface area (Å²) in [6.45, 7) is 0. The molecule has 90 valence electrons. The highest BCUT2D eigenvalue weighted by Crippen LogP contribution is 2.36. The molecule has 2 rings (SSSR count). The van der Waals surface area contributed by atoms with E-state index in [1.807, 2.05) is 0 Å². The Morgan fingerprint density at radius 3 is 2.47 bits per heavy atom. The van der Waals surface area contributed by atoms with Crippen LogP contribution in [0.15, 0.2) is 34.7 Å². The molecule has 0 bridgehead atoms. The zero-order valence-electron chi connectivity index (χ0n) is 8.91. The van der Waals surface area contributed by atoms with Gasteiger partial charge in [0.1, 0.15) is 16.9 Å². The van der Waals surface area contributed by atoms with Crippen LogP contribution in [0, 0.1) is 0 Å². The lowest BCUT2D eigenvalue weighted by Crippen LogP contribution is -1.93. The first-order valence-corrected chi connectivity index (χ1v) is 6.04. The van der Waals surface area contributed by atoms with Crippen molar-refractivity contribution in [3.8, 4) is 5.75 Å². The zero-order valence-corrected chi connectivity index (χ0v) is 11.2. The highest BCUT2D eigenvalue weighted by Gasteiger charge is 2.18. The second-order valence-corrected chi connectivity index (χ2v) is 4.61. The third-order valence-corrected chi connectivity index (χ3v) is 3.31. The predicted octanol–water partition coefficient (Wildman–Crippen LogP) is 4.92. The number of methoxy groups -OCH3 is 1. The fourth-order valence-corrected chi connectivity index (χ4v) is 2.25. The van der Waals surface area contributed by atoms with Gasteiger partial charge in [-0.25, -0.2) is 0 Å². The summed E-state index contributed by atoms with van der Waals surface area (Å²) in [7, 11) is 1.58. The first kappa shape index (κ1) is 12.6. The maximum Gasteiger partial charge on any atom is 0.193 e. The summed E-state index contributed by atoms with van der Waals surface area (Å²) >= 11 is 18.1. The maximum absolute atomic E-state index is 6.27. The largest absolute Gasteiger partial charge is 0.497 e. The summed E-state index contributed by atoms with van der Waals surface area (Å²) in [5.74, 6) is 1.24. The van der Waals surface area contributed by atoms with Gasteiger partial charge in [0.15, 0.2) is 5.22 Å². The monoisotopic (exact) mass is 290 g/mol. The van der Waals surface area contributed by atoms with Gasteiger partial charge in [0.25, 0.3) is 0 Å². The highest BCUT2D eigenvalue weighted by molar-refractivity contribution is 6.33. The molecule has 0 radical (unpaired) electrons. The van der Waals surface area contributed by atoms with Crippen LogP contribution in [-0.4, -0.2) is 7.11 Å². The molecule has 0 N–H and O–H groups in total. The number of hydrogen-bond acceptors (Lipinski definition) is 2. The lowest BCUT2D eigenvalue weighted by atomic mass is 10.1. The number of furan rings is 1. The van der Waals surface area contributed by atoms with Crippen LogP contribution in [0.25, 0.3) is 0 Å². The Bertz CT molecular complexity index is 522. The van der Waals surface area contributed by atoms with Crippen LogP contribution in [0.5, 0.6) is 5.75 Å². The first-order valence-electron chi connectivity index (χ1n) is 4.84. The molecule has 0 saturated heterocycles. The summed E-state index contributed by atoms with van der Waals surface area (Å²) in [6.07, 6.45) is 0. The Morgan fingerprint density at radius 1 is 1.18 bits per heavy atom. The van der Waals surface area contributed by atoms with Gasteiger partial charge in [0.2, 0.25) is 0 Å². The number of ether oxygens (including phenoxy) is 1. The molecule has 1 aromatic carbocycles. The van der Waals surface area contributed by atoms with Gasteiger partial charge in [-0.05, 0) is 41.4 Å². The van der Waals surface area contributed by atoms with Gasteiger partial charge in [-0.3, -0.25) is 0 Å². The van der Waals surface area contributed by atoms with Crippen molar-refractivity contribution in [3.05, 3.63) is 51.9 Å². The predicted molar refractivity (Wildman–Crippen MR) is 69.4 cm³/mol. The normalized spacial score (nSPS) is 12.5. The van der Waals surface area contributed by atoms with E-state index in [2.05, 4.69) is 0 Å². The summed E-state index contributed by atoms with van der Waals surface area (Å²) < 4.78 is 10.3. The Balaban J connectivity index is 2.34. The molecule has 0 fully saturated rings. The molecular weight excluding hydrogens is 282 g/mol. The summed E-state index contributed by atoms with van der Waals surface area (Å²) in [5, 5.41) is 0.355. The van der Waals surface area contributed by atoms with E-state index in [9.17, 15) is 0 Å². The quantitative estimate of drug-likeness (QED) is 0.749. The van der Waals surface area contributed by atoms with Crippen molar-refractivity contribution >= 4 is 34.8 Å². The van der Waals surface area contributed by atoms with Crippen LogP contribution in [0.2, 0.25) is 10.2 Å². The van der Waals surface area contributed by atoms with Gasteiger partial charge in [-0.1, -0.05) is 17.7 Å². The SMILES string of the molecule is COc1ccc(C(Cl)c2ccc(Cl)o2)c(Cl)c1. The summed E-state index contributed by atoms with van der Waals surface area (Å²) in [6, 6.07) is 8.66. The van der Waals surface area contributed by atoms with Crippen LogP contribution >= 0.6 is 34.8 Å². The topological polar surface area (TPSA) is 22.4 Å². The molecule has 1 heterocycles. The fraction of sp³-hybridized carbons (Fsp3) is 0.167. The standard InChI is InChI=1S/C12H9Cl3O2/c1-16-7-2-3-8(9(13)6-7)12(15)10-4-5-11(14)17-10/h2-6,12H,1H3. The number of alkyl halides is 1. The van der Waals surface area contributed by atoms with Crippen LogP contribution in [-0.2, 0) is 0 Å². The molecule has 5 heteroatoms. The van der Waals surface area contributed by atoms with Crippen LogP contribution < -0.4 is 4.74 Å². The van der Waals surface area contributed by atoms with Gasteiger partial charge in [-0.15, -0.1) is 11.6 Å². The van der Waals surface area contributed by atoms with Crippen molar-refractivity contribution in [1.29, 1.82) is 0 Å². The molecule has 1 atom stereocenters. The minimum absolute atomic E-state index is 0.301. The van der Waals surface area contributed by atoms with E-state index in [1.165, 1.54) is 0 Å². The van der Waals surface area contributed by atoms with Crippen molar-refractivity contribution in [1.82, 2.24) is 0 Å². The Labute approximate surface area is 114 Å². The van der Waals surface area contributed by atoms with E-state index in [0.29, 0.717) is 21.8 Å². The van der Waals surface area contributed by atoms with Crippen LogP contribution in [0.4, 0.5) is 0 Å². The molecular formula is C12H9Cl3O2. The van der Waals surface area contributed by atoms with Crippen molar-refractivity contribution in [2.45, 2.75) is 5.38 Å². The molecule has 0 aliphatic carbocycles. The zero-order chi connectivity index (χ0) is 12.4. The Kier molecular flexibility index (Phi) is 3.87. The summed E-state index contributed by atoms with van der Waals surface area (Å²) in [5.41, 5.74) is 0.750. The van der Waals surface area contributed by atoms with Gasteiger partial charge in [0.05, 0.1) is 7.11 Å². The molecule has 2 aromatic rings. The lowest BCUT2D eigenvalue weighted by molar-refractivity contribution is 0.414. The molecule has 0 aliphatic rings. The van der Waals surface area contributed by atoms with E-state index in [-0.39, 0.29) is 0 Å². The van der Waals surface area contributed by atoms with Crippen molar-refractivity contribution in [3.63, 3.8) is 0 Å². The maximum atomic E-state index is 6.27. The number of halogens is 3. The minimum Gasteiger partial charge on any atom is -0.497 e. The van der Waals surface area contributed by atoms with Crippen molar-refractivity contribution in [2.24, 2.45) is 0 Å². The lowest BCUT2D eigenvalue weighted by Gasteiger charge is -2.10. The third-order valence-electron chi connectivity index (χ3n) is 2.32. The Morgan fingerprint density at radius 2 is 1.94 bits per heavy atom. The molecule has 0 saturated carbocycles. The average Bonchev–Trinajstić information content (AvgIpc) is 2.75. The second-order valence-electron chi connectivity index (χ2n) is 3.39. The van der Waals surface area contributed by atoms with Crippen molar-refractivity contribution < 1.29 is 9.15 Å². The molecule has 1 aromatic heterocycles. The van der Waals surface area contributed by atoms with E-state index in [0.717, 1.165) is 5.56 Å². The van der Waals surface area contributed by atoms with E-state index in [1.54, 1.807) is 37.4 Å². The molecule has 0 spiro atoms. The first-order chi connectivity index (χ1) is 8.11. The highest BCUT2D eigenvalue weighted by atomic mass is 35.5. The molecule has 2 nitrogen and oxygen atoms in total. The van der Waals surface area contributed by atoms with E-state index < -0.39 is 5.38 Å². The van der Waals surface area contributed by atoms with Crippen LogP contribution in [0.1, 0.15) is 16.7 Å². The van der Waals surface area contributed by atoms with Gasteiger partial charge < -0.3 is 9.15 Å². The van der Waals surface area contributed by atoms with Gasteiger partial charge in [-0.2, -0.15) is 0 Å². The number of hydrogen-bond donors (Lipinski definition) is 0. The molecule has 1 unspecified atom stereocenters. The fourth-order valence-electron chi connectivity index (χ4n) is 1.46. The van der Waals surface area contributed by atoms with Gasteiger partial charge in [0, 0.05) is 5.02 Å². The number of benzene rings is 1. The molecule has 17 heavy (non-hydrogen) atoms. The molecule has 0 amide bonds. The second kappa shape index (κ2) is 5.21.